The van der Waals surface area contributed by atoms with Crippen molar-refractivity contribution in [3.63, 3.8) is 0 Å². The molecule has 1 N–H and O–H groups in total. The Labute approximate surface area is 120 Å². The van der Waals surface area contributed by atoms with Crippen molar-refractivity contribution in [2.75, 3.05) is 6.61 Å². The van der Waals surface area contributed by atoms with Gasteiger partial charge >= 0.3 is 0 Å². The van der Waals surface area contributed by atoms with Crippen LogP contribution in [0, 0.1) is 5.92 Å². The average molecular weight is 274 g/mol. The summed E-state index contributed by atoms with van der Waals surface area (Å²) in [4.78, 5) is 12.0. The molecule has 108 valence electrons. The number of rotatable bonds is 4. The van der Waals surface area contributed by atoms with Crippen LogP contribution >= 0.6 is 0 Å². The highest BCUT2D eigenvalue weighted by atomic mass is 16.5. The van der Waals surface area contributed by atoms with Crippen molar-refractivity contribution in [3.05, 3.63) is 29.8 Å². The number of carbonyl (C=O) groups excluding carboxylic acids is 1. The van der Waals surface area contributed by atoms with Crippen molar-refractivity contribution in [2.24, 2.45) is 11.0 Å². The molecule has 2 rings (SSSR count). The maximum atomic E-state index is 12.0. The van der Waals surface area contributed by atoms with Crippen molar-refractivity contribution in [1.29, 1.82) is 0 Å². The number of hydrogen-bond donors (Lipinski definition) is 1. The van der Waals surface area contributed by atoms with Gasteiger partial charge in [-0.25, -0.2) is 5.43 Å². The maximum absolute atomic E-state index is 12.0. The van der Waals surface area contributed by atoms with Gasteiger partial charge in [-0.1, -0.05) is 6.92 Å². The summed E-state index contributed by atoms with van der Waals surface area (Å²) in [6.07, 6.45) is 4.40. The lowest BCUT2D eigenvalue weighted by molar-refractivity contribution is 0.0954. The number of hydrogen-bond acceptors (Lipinski definition) is 3. The normalized spacial score (nSPS) is 20.7. The Bertz CT molecular complexity index is 480. The van der Waals surface area contributed by atoms with Gasteiger partial charge in [0.15, 0.2) is 0 Å². The molecule has 1 saturated carbocycles. The summed E-state index contributed by atoms with van der Waals surface area (Å²) in [7, 11) is 0. The quantitative estimate of drug-likeness (QED) is 0.856. The van der Waals surface area contributed by atoms with E-state index in [1.807, 2.05) is 6.92 Å². The third-order valence-electron chi connectivity index (χ3n) is 3.49. The van der Waals surface area contributed by atoms with Crippen LogP contribution in [0.1, 0.15) is 49.9 Å². The zero-order chi connectivity index (χ0) is 14.4. The zero-order valence-corrected chi connectivity index (χ0v) is 12.2. The molecule has 0 aliphatic heterocycles. The van der Waals surface area contributed by atoms with Gasteiger partial charge in [-0.05, 0) is 62.8 Å². The minimum atomic E-state index is -0.168. The van der Waals surface area contributed by atoms with E-state index < -0.39 is 0 Å². The lowest BCUT2D eigenvalue weighted by Gasteiger charge is -2.18. The summed E-state index contributed by atoms with van der Waals surface area (Å²) in [5.74, 6) is 1.28. The van der Waals surface area contributed by atoms with Gasteiger partial charge < -0.3 is 4.74 Å². The Balaban J connectivity index is 1.92. The van der Waals surface area contributed by atoms with E-state index in [9.17, 15) is 4.79 Å². The van der Waals surface area contributed by atoms with E-state index in [1.165, 1.54) is 12.8 Å². The predicted octanol–water partition coefficient (Wildman–Crippen LogP) is 3.38. The summed E-state index contributed by atoms with van der Waals surface area (Å²) in [5.41, 5.74) is 4.35. The Hall–Kier alpha value is -1.84. The molecule has 1 aliphatic rings. The van der Waals surface area contributed by atoms with Crippen LogP contribution in [-0.2, 0) is 0 Å². The van der Waals surface area contributed by atoms with E-state index in [2.05, 4.69) is 17.5 Å². The monoisotopic (exact) mass is 274 g/mol. The van der Waals surface area contributed by atoms with Crippen LogP contribution in [0.3, 0.4) is 0 Å². The number of carbonyl (C=O) groups is 1. The third kappa shape index (κ3) is 4.08. The number of hydrazone groups is 1. The molecule has 1 aromatic rings. The predicted molar refractivity (Wildman–Crippen MR) is 80.1 cm³/mol. The Morgan fingerprint density at radius 3 is 2.80 bits per heavy atom. The largest absolute Gasteiger partial charge is 0.494 e. The lowest BCUT2D eigenvalue weighted by atomic mass is 9.89. The highest BCUT2D eigenvalue weighted by molar-refractivity contribution is 5.95. The standard InChI is InChI=1S/C16H22N2O2/c1-3-20-15-9-7-13(8-10-15)16(19)18-17-14-6-4-5-12(2)11-14/h7-10,12H,3-6,11H2,1-2H3,(H,18,19)/b17-14+. The molecule has 1 aliphatic carbocycles. The summed E-state index contributed by atoms with van der Waals surface area (Å²) in [6.45, 7) is 4.78. The second kappa shape index (κ2) is 7.08. The molecule has 1 aromatic carbocycles. The van der Waals surface area contributed by atoms with E-state index in [4.69, 9.17) is 4.74 Å². The zero-order valence-electron chi connectivity index (χ0n) is 12.2. The van der Waals surface area contributed by atoms with Crippen LogP contribution in [-0.4, -0.2) is 18.2 Å². The number of amides is 1. The first-order valence-corrected chi connectivity index (χ1v) is 7.27. The third-order valence-corrected chi connectivity index (χ3v) is 3.49. The molecule has 0 radical (unpaired) electrons. The van der Waals surface area contributed by atoms with Crippen molar-refractivity contribution in [1.82, 2.24) is 5.43 Å². The molecular formula is C16H22N2O2. The maximum Gasteiger partial charge on any atom is 0.271 e. The molecule has 0 saturated heterocycles. The van der Waals surface area contributed by atoms with Gasteiger partial charge in [0.1, 0.15) is 5.75 Å². The molecule has 1 atom stereocenters. The SMILES string of the molecule is CCOc1ccc(C(=O)N/N=C2\CCCC(C)C2)cc1. The summed E-state index contributed by atoms with van der Waals surface area (Å²) in [6, 6.07) is 7.11. The van der Waals surface area contributed by atoms with Crippen LogP contribution < -0.4 is 10.2 Å². The van der Waals surface area contributed by atoms with Crippen molar-refractivity contribution >= 4 is 11.6 Å². The van der Waals surface area contributed by atoms with Gasteiger partial charge in [-0.2, -0.15) is 5.10 Å². The van der Waals surface area contributed by atoms with Gasteiger partial charge in [-0.3, -0.25) is 4.79 Å². The van der Waals surface area contributed by atoms with E-state index in [-0.39, 0.29) is 5.91 Å². The van der Waals surface area contributed by atoms with E-state index in [0.717, 1.165) is 24.3 Å². The first-order valence-electron chi connectivity index (χ1n) is 7.27. The van der Waals surface area contributed by atoms with Crippen LogP contribution in [0.25, 0.3) is 0 Å². The van der Waals surface area contributed by atoms with Crippen LogP contribution in [0.4, 0.5) is 0 Å². The minimum Gasteiger partial charge on any atom is -0.494 e. The van der Waals surface area contributed by atoms with Crippen LogP contribution in [0.2, 0.25) is 0 Å². The second-order valence-corrected chi connectivity index (χ2v) is 5.28. The Morgan fingerprint density at radius 2 is 2.15 bits per heavy atom. The van der Waals surface area contributed by atoms with Crippen LogP contribution in [0.5, 0.6) is 5.75 Å². The molecule has 0 spiro atoms. The highest BCUT2D eigenvalue weighted by Gasteiger charge is 2.14. The smallest absolute Gasteiger partial charge is 0.271 e. The molecule has 4 nitrogen and oxygen atoms in total. The fourth-order valence-electron chi connectivity index (χ4n) is 2.43. The fourth-order valence-corrected chi connectivity index (χ4v) is 2.43. The van der Waals surface area contributed by atoms with Gasteiger partial charge in [0.05, 0.1) is 6.61 Å². The topological polar surface area (TPSA) is 50.7 Å². The van der Waals surface area contributed by atoms with Gasteiger partial charge in [0.2, 0.25) is 0 Å². The average Bonchev–Trinajstić information content (AvgIpc) is 2.46. The van der Waals surface area contributed by atoms with Gasteiger partial charge in [0, 0.05) is 11.3 Å². The number of benzene rings is 1. The molecule has 1 fully saturated rings. The van der Waals surface area contributed by atoms with Crippen molar-refractivity contribution < 1.29 is 9.53 Å². The molecular weight excluding hydrogens is 252 g/mol. The first-order chi connectivity index (χ1) is 9.69. The number of nitrogens with one attached hydrogen (secondary N) is 1. The fraction of sp³-hybridized carbons (Fsp3) is 0.500. The molecule has 0 heterocycles. The summed E-state index contributed by atoms with van der Waals surface area (Å²) in [5, 5.41) is 4.25. The Kier molecular flexibility index (Phi) is 5.16. The molecule has 1 amide bonds. The molecule has 4 heteroatoms. The van der Waals surface area contributed by atoms with Crippen molar-refractivity contribution in [2.45, 2.75) is 39.5 Å². The molecule has 1 unspecified atom stereocenters. The first kappa shape index (κ1) is 14.6. The van der Waals surface area contributed by atoms with E-state index >= 15 is 0 Å². The van der Waals surface area contributed by atoms with E-state index in [0.29, 0.717) is 18.1 Å². The Morgan fingerprint density at radius 1 is 1.40 bits per heavy atom. The number of nitrogens with zero attached hydrogens (tertiary/aromatic N) is 1. The number of ether oxygens (including phenoxy) is 1. The summed E-state index contributed by atoms with van der Waals surface area (Å²) >= 11 is 0. The second-order valence-electron chi connectivity index (χ2n) is 5.28. The van der Waals surface area contributed by atoms with Gasteiger partial charge in [0.25, 0.3) is 5.91 Å². The molecule has 0 bridgehead atoms. The summed E-state index contributed by atoms with van der Waals surface area (Å²) < 4.78 is 5.35. The molecule has 0 aromatic heterocycles. The highest BCUT2D eigenvalue weighted by Crippen LogP contribution is 2.21. The molecule has 20 heavy (non-hydrogen) atoms. The van der Waals surface area contributed by atoms with E-state index in [1.54, 1.807) is 24.3 Å². The minimum absolute atomic E-state index is 0.168. The van der Waals surface area contributed by atoms with Crippen molar-refractivity contribution in [3.8, 4) is 5.75 Å². The lowest BCUT2D eigenvalue weighted by Crippen LogP contribution is -2.22. The van der Waals surface area contributed by atoms with Crippen LogP contribution in [0.15, 0.2) is 29.4 Å². The van der Waals surface area contributed by atoms with Gasteiger partial charge in [-0.15, -0.1) is 0 Å².